The fourth-order valence-electron chi connectivity index (χ4n) is 4.51. The Morgan fingerprint density at radius 2 is 2.18 bits per heavy atom. The predicted molar refractivity (Wildman–Crippen MR) is 147 cm³/mol. The Labute approximate surface area is 221 Å². The molecule has 1 amide bonds. The number of aliphatic hydroxyl groups excluding tert-OH is 1. The molecule has 3 aromatic heterocycles. The van der Waals surface area contributed by atoms with Gasteiger partial charge in [0.25, 0.3) is 0 Å². The van der Waals surface area contributed by atoms with Crippen molar-refractivity contribution in [1.29, 1.82) is 0 Å². The molecule has 6 N–H and O–H groups in total. The fourth-order valence-corrected chi connectivity index (χ4v) is 5.52. The zero-order chi connectivity index (χ0) is 27.0. The molecule has 0 spiro atoms. The lowest BCUT2D eigenvalue weighted by atomic mass is 10.2. The topological polar surface area (TPSA) is 162 Å². The predicted octanol–water partition coefficient (Wildman–Crippen LogP) is 1.39. The molecule has 0 saturated carbocycles. The lowest BCUT2D eigenvalue weighted by Gasteiger charge is -2.15. The van der Waals surface area contributed by atoms with Crippen molar-refractivity contribution in [2.24, 2.45) is 17.4 Å². The lowest BCUT2D eigenvalue weighted by molar-refractivity contribution is -0.125. The molecule has 38 heavy (non-hydrogen) atoms. The van der Waals surface area contributed by atoms with E-state index in [4.69, 9.17) is 16.2 Å². The summed E-state index contributed by atoms with van der Waals surface area (Å²) in [5, 5.41) is 14.6. The van der Waals surface area contributed by atoms with Gasteiger partial charge in [-0.1, -0.05) is 25.7 Å². The summed E-state index contributed by atoms with van der Waals surface area (Å²) in [6.45, 7) is 6.49. The lowest BCUT2D eigenvalue weighted by Crippen LogP contribution is -2.35. The number of nitrogens with two attached hydrogens (primary N) is 2. The minimum Gasteiger partial charge on any atom is -0.494 e. The van der Waals surface area contributed by atoms with E-state index < -0.39 is 5.69 Å². The molecule has 0 aromatic carbocycles. The number of aromatic nitrogens is 3. The molecule has 196 valence electrons. The SMILES string of the molecule is C=CC(=O)N1CCC(NC(O)=c2sc3nccc4c3c2nc(=O)n4/C(N)=C/C=C(\N)OC2=CC=CC2C)C1. The Morgan fingerprint density at radius 1 is 1.37 bits per heavy atom. The number of pyridine rings is 1. The molecule has 0 bridgehead atoms. The number of carbonyl (C=O) groups excluding carboxylic acids is 1. The van der Waals surface area contributed by atoms with Crippen molar-refractivity contribution in [2.75, 3.05) is 13.1 Å². The third-order valence-electron chi connectivity index (χ3n) is 6.44. The van der Waals surface area contributed by atoms with E-state index in [1.807, 2.05) is 25.2 Å². The van der Waals surface area contributed by atoms with Crippen LogP contribution < -0.4 is 27.0 Å². The van der Waals surface area contributed by atoms with Crippen molar-refractivity contribution in [1.82, 2.24) is 24.8 Å². The highest BCUT2D eigenvalue weighted by Gasteiger charge is 2.26. The summed E-state index contributed by atoms with van der Waals surface area (Å²) in [5.74, 6) is 0.761. The van der Waals surface area contributed by atoms with Crippen molar-refractivity contribution >= 4 is 50.2 Å². The summed E-state index contributed by atoms with van der Waals surface area (Å²) in [7, 11) is 0. The molecule has 11 nitrogen and oxygen atoms in total. The minimum atomic E-state index is -0.626. The Balaban J connectivity index is 1.49. The van der Waals surface area contributed by atoms with E-state index >= 15 is 0 Å². The molecule has 2 unspecified atom stereocenters. The molecule has 1 saturated heterocycles. The highest BCUT2D eigenvalue weighted by atomic mass is 32.1. The summed E-state index contributed by atoms with van der Waals surface area (Å²) in [5.41, 5.74) is 12.4. The normalized spacial score (nSPS) is 20.8. The number of carbonyl (C=O) groups is 1. The fraction of sp³-hybridized carbons (Fsp3) is 0.231. The Kier molecular flexibility index (Phi) is 6.64. The standard InChI is InChI=1S/C26H27N7O4S/c1-3-20(34)32-12-10-15(13-32)30-24(35)23-22-21-16(9-11-29-25(21)38-23)33(26(36)31-22)18(27)7-8-19(28)37-17-6-4-5-14(17)2/h3-9,11,14-15,30,35H,1,10,12-13,27-28H2,2H3/b18-7+,19-8+,24-23?. The average molecular weight is 534 g/mol. The summed E-state index contributed by atoms with van der Waals surface area (Å²) in [4.78, 5) is 35.9. The van der Waals surface area contributed by atoms with Gasteiger partial charge in [0.2, 0.25) is 11.8 Å². The van der Waals surface area contributed by atoms with Crippen molar-refractivity contribution in [3.05, 3.63) is 82.0 Å². The van der Waals surface area contributed by atoms with Crippen LogP contribution in [0.1, 0.15) is 13.3 Å². The van der Waals surface area contributed by atoms with Crippen LogP contribution in [0.25, 0.3) is 33.0 Å². The van der Waals surface area contributed by atoms with Crippen molar-refractivity contribution in [3.8, 4) is 0 Å². The molecule has 1 fully saturated rings. The van der Waals surface area contributed by atoms with Crippen molar-refractivity contribution in [3.63, 3.8) is 0 Å². The zero-order valence-corrected chi connectivity index (χ0v) is 21.4. The molecular formula is C26H27N7O4S. The average Bonchev–Trinajstić information content (AvgIpc) is 3.62. The second kappa shape index (κ2) is 10.1. The number of aliphatic hydroxyl groups is 1. The van der Waals surface area contributed by atoms with Gasteiger partial charge >= 0.3 is 5.69 Å². The number of allylic oxidation sites excluding steroid dienone is 5. The van der Waals surface area contributed by atoms with Gasteiger partial charge in [-0.2, -0.15) is 4.98 Å². The summed E-state index contributed by atoms with van der Waals surface area (Å²) in [6, 6.07) is 1.51. The number of nitrogens with zero attached hydrogens (tertiary/aromatic N) is 4. The van der Waals surface area contributed by atoms with Crippen LogP contribution in [0, 0.1) is 5.92 Å². The largest absolute Gasteiger partial charge is 0.494 e. The van der Waals surface area contributed by atoms with E-state index in [2.05, 4.69) is 21.9 Å². The van der Waals surface area contributed by atoms with Crippen LogP contribution >= 0.6 is 11.3 Å². The van der Waals surface area contributed by atoms with Crippen LogP contribution in [0.3, 0.4) is 0 Å². The molecule has 1 aliphatic carbocycles. The maximum atomic E-state index is 13.1. The number of hydrogen-bond acceptors (Lipinski definition) is 10. The number of rotatable bonds is 7. The van der Waals surface area contributed by atoms with E-state index in [9.17, 15) is 14.7 Å². The second-order valence-electron chi connectivity index (χ2n) is 8.99. The molecule has 12 heteroatoms. The minimum absolute atomic E-state index is 0.0898. The van der Waals surface area contributed by atoms with E-state index in [0.717, 1.165) is 0 Å². The van der Waals surface area contributed by atoms with E-state index in [0.29, 0.717) is 51.1 Å². The van der Waals surface area contributed by atoms with Crippen molar-refractivity contribution < 1.29 is 14.6 Å². The van der Waals surface area contributed by atoms with Gasteiger partial charge in [0.05, 0.1) is 10.9 Å². The van der Waals surface area contributed by atoms with Gasteiger partial charge in [0.15, 0.2) is 5.88 Å². The number of nitrogens with one attached hydrogen (secondary N) is 1. The quantitative estimate of drug-likeness (QED) is 0.200. The van der Waals surface area contributed by atoms with Crippen LogP contribution in [-0.4, -0.2) is 49.6 Å². The third kappa shape index (κ3) is 4.61. The first kappa shape index (κ1) is 25.1. The molecule has 1 aliphatic heterocycles. The number of hydrogen-bond donors (Lipinski definition) is 4. The van der Waals surface area contributed by atoms with Gasteiger partial charge < -0.3 is 31.5 Å². The van der Waals surface area contributed by atoms with Crippen LogP contribution in [-0.2, 0) is 9.53 Å². The summed E-state index contributed by atoms with van der Waals surface area (Å²) in [6.07, 6.45) is 12.2. The number of amides is 1. The highest BCUT2D eigenvalue weighted by molar-refractivity contribution is 7.17. The number of likely N-dealkylation sites (tertiary alicyclic amines) is 1. The van der Waals surface area contributed by atoms with Crippen LogP contribution in [0.2, 0.25) is 0 Å². The summed E-state index contributed by atoms with van der Waals surface area (Å²) >= 11 is 1.20. The first-order chi connectivity index (χ1) is 18.3. The molecular weight excluding hydrogens is 506 g/mol. The van der Waals surface area contributed by atoms with Gasteiger partial charge in [0, 0.05) is 37.3 Å². The summed E-state index contributed by atoms with van der Waals surface area (Å²) < 4.78 is 7.29. The monoisotopic (exact) mass is 533 g/mol. The van der Waals surface area contributed by atoms with Gasteiger partial charge in [-0.05, 0) is 30.7 Å². The maximum absolute atomic E-state index is 13.1. The Hall–Kier alpha value is -4.58. The third-order valence-corrected chi connectivity index (χ3v) is 7.53. The molecule has 5 rings (SSSR count). The molecule has 0 radical (unpaired) electrons. The number of ether oxygens (including phenoxy) is 1. The van der Waals surface area contributed by atoms with Crippen LogP contribution in [0.5, 0.6) is 0 Å². The second-order valence-corrected chi connectivity index (χ2v) is 9.99. The Morgan fingerprint density at radius 3 is 2.92 bits per heavy atom. The van der Waals surface area contributed by atoms with E-state index in [1.165, 1.54) is 34.1 Å². The number of thiophene rings is 1. The van der Waals surface area contributed by atoms with Gasteiger partial charge in [-0.3, -0.25) is 4.79 Å². The molecule has 4 heterocycles. The van der Waals surface area contributed by atoms with Crippen LogP contribution in [0.4, 0.5) is 0 Å². The zero-order valence-electron chi connectivity index (χ0n) is 20.6. The van der Waals surface area contributed by atoms with E-state index in [-0.39, 0.29) is 35.5 Å². The van der Waals surface area contributed by atoms with E-state index in [1.54, 1.807) is 17.2 Å². The molecule has 2 aliphatic rings. The van der Waals surface area contributed by atoms with Gasteiger partial charge in [-0.25, -0.2) is 14.3 Å². The molecule has 3 aromatic rings. The van der Waals surface area contributed by atoms with Gasteiger partial charge in [0.1, 0.15) is 26.5 Å². The van der Waals surface area contributed by atoms with Crippen molar-refractivity contribution in [2.45, 2.75) is 19.4 Å². The molecule has 2 atom stereocenters. The first-order valence-corrected chi connectivity index (χ1v) is 12.8. The van der Waals surface area contributed by atoms with Crippen LogP contribution in [0.15, 0.2) is 71.7 Å². The smallest absolute Gasteiger partial charge is 0.354 e. The van der Waals surface area contributed by atoms with Gasteiger partial charge in [-0.15, -0.1) is 11.3 Å². The maximum Gasteiger partial charge on any atom is 0.354 e. The Bertz CT molecular complexity index is 1680. The first-order valence-electron chi connectivity index (χ1n) is 12.0. The highest BCUT2D eigenvalue weighted by Crippen LogP contribution is 2.26.